The van der Waals surface area contributed by atoms with Crippen molar-refractivity contribution >= 4 is 15.9 Å². The second kappa shape index (κ2) is 9.20. The lowest BCUT2D eigenvalue weighted by molar-refractivity contribution is -0.126. The Hall–Kier alpha value is -1.60. The third-order valence-corrected chi connectivity index (χ3v) is 5.69. The number of sulfonamides is 1. The van der Waals surface area contributed by atoms with Crippen LogP contribution in [0.3, 0.4) is 0 Å². The summed E-state index contributed by atoms with van der Waals surface area (Å²) < 4.78 is 30.3. The largest absolute Gasteiger partial charge is 0.494 e. The molecule has 2 rings (SSSR count). The standard InChI is InChI=1S/C18H28N2O4S/c1-3-24-17-11-5-4-8-15(17)9-6-12-19-18(21)16-10-7-13-20(14-16)25(2,22)23/h4-5,8,11,16H,3,6-7,9-10,12-14H2,1-2H3,(H,19,21). The van der Waals surface area contributed by atoms with Crippen LogP contribution < -0.4 is 10.1 Å². The maximum atomic E-state index is 12.3. The summed E-state index contributed by atoms with van der Waals surface area (Å²) in [7, 11) is -3.22. The van der Waals surface area contributed by atoms with Gasteiger partial charge in [-0.15, -0.1) is 0 Å². The number of nitrogens with zero attached hydrogens (tertiary/aromatic N) is 1. The summed E-state index contributed by atoms with van der Waals surface area (Å²) >= 11 is 0. The first kappa shape index (κ1) is 19.7. The van der Waals surface area contributed by atoms with Crippen LogP contribution in [-0.4, -0.2) is 51.1 Å². The van der Waals surface area contributed by atoms with Crippen molar-refractivity contribution in [2.45, 2.75) is 32.6 Å². The van der Waals surface area contributed by atoms with E-state index in [9.17, 15) is 13.2 Å². The van der Waals surface area contributed by atoms with Gasteiger partial charge in [0.05, 0.1) is 18.8 Å². The highest BCUT2D eigenvalue weighted by atomic mass is 32.2. The molecule has 7 heteroatoms. The van der Waals surface area contributed by atoms with Crippen molar-refractivity contribution in [3.05, 3.63) is 29.8 Å². The van der Waals surface area contributed by atoms with E-state index in [2.05, 4.69) is 5.32 Å². The van der Waals surface area contributed by atoms with E-state index < -0.39 is 10.0 Å². The Morgan fingerprint density at radius 3 is 2.84 bits per heavy atom. The summed E-state index contributed by atoms with van der Waals surface area (Å²) in [4.78, 5) is 12.3. The molecule has 1 aromatic rings. The van der Waals surface area contributed by atoms with E-state index in [0.29, 0.717) is 19.7 Å². The summed E-state index contributed by atoms with van der Waals surface area (Å²) in [6.45, 7) is 3.97. The lowest BCUT2D eigenvalue weighted by Crippen LogP contribution is -2.45. The number of nitrogens with one attached hydrogen (secondary N) is 1. The van der Waals surface area contributed by atoms with Crippen LogP contribution in [0, 0.1) is 5.92 Å². The van der Waals surface area contributed by atoms with Crippen LogP contribution in [-0.2, 0) is 21.2 Å². The number of aryl methyl sites for hydroxylation is 1. The minimum absolute atomic E-state index is 0.0496. The van der Waals surface area contributed by atoms with E-state index in [-0.39, 0.29) is 18.4 Å². The Morgan fingerprint density at radius 2 is 2.12 bits per heavy atom. The predicted molar refractivity (Wildman–Crippen MR) is 98.1 cm³/mol. The molecule has 1 N–H and O–H groups in total. The van der Waals surface area contributed by atoms with Gasteiger partial charge in [-0.3, -0.25) is 4.79 Å². The molecule has 1 aliphatic rings. The van der Waals surface area contributed by atoms with Gasteiger partial charge in [0.1, 0.15) is 5.75 Å². The molecule has 1 saturated heterocycles. The molecule has 140 valence electrons. The number of para-hydroxylation sites is 1. The number of rotatable bonds is 8. The molecule has 0 aromatic heterocycles. The smallest absolute Gasteiger partial charge is 0.224 e. The van der Waals surface area contributed by atoms with Crippen LogP contribution in [0.1, 0.15) is 31.7 Å². The molecule has 6 nitrogen and oxygen atoms in total. The minimum atomic E-state index is -3.22. The fraction of sp³-hybridized carbons (Fsp3) is 0.611. The molecule has 1 aromatic carbocycles. The fourth-order valence-electron chi connectivity index (χ4n) is 3.10. The normalized spacial score (nSPS) is 18.7. The molecule has 1 atom stereocenters. The van der Waals surface area contributed by atoms with Gasteiger partial charge in [0, 0.05) is 19.6 Å². The van der Waals surface area contributed by atoms with E-state index in [1.54, 1.807) is 0 Å². The van der Waals surface area contributed by atoms with Crippen molar-refractivity contribution in [2.75, 3.05) is 32.5 Å². The van der Waals surface area contributed by atoms with Crippen LogP contribution in [0.5, 0.6) is 5.75 Å². The third kappa shape index (κ3) is 6.01. The van der Waals surface area contributed by atoms with Gasteiger partial charge in [0.15, 0.2) is 0 Å². The molecule has 1 aliphatic heterocycles. The first-order valence-corrected chi connectivity index (χ1v) is 10.7. The quantitative estimate of drug-likeness (QED) is 0.710. The molecule has 1 amide bonds. The molecule has 0 aliphatic carbocycles. The zero-order chi connectivity index (χ0) is 18.3. The summed E-state index contributed by atoms with van der Waals surface area (Å²) in [5.74, 6) is 0.595. The molecular formula is C18H28N2O4S. The number of benzene rings is 1. The first-order chi connectivity index (χ1) is 11.9. The number of amides is 1. The van der Waals surface area contributed by atoms with Crippen molar-refractivity contribution in [2.24, 2.45) is 5.92 Å². The average Bonchev–Trinajstić information content (AvgIpc) is 2.59. The second-order valence-electron chi connectivity index (χ2n) is 6.40. The van der Waals surface area contributed by atoms with Crippen molar-refractivity contribution in [3.8, 4) is 5.75 Å². The van der Waals surface area contributed by atoms with Gasteiger partial charge < -0.3 is 10.1 Å². The van der Waals surface area contributed by atoms with Crippen molar-refractivity contribution < 1.29 is 17.9 Å². The maximum absolute atomic E-state index is 12.3. The van der Waals surface area contributed by atoms with Gasteiger partial charge >= 0.3 is 0 Å². The van der Waals surface area contributed by atoms with Gasteiger partial charge in [0.2, 0.25) is 15.9 Å². The zero-order valence-electron chi connectivity index (χ0n) is 15.0. The number of ether oxygens (including phenoxy) is 1. The van der Waals surface area contributed by atoms with Crippen LogP contribution in [0.15, 0.2) is 24.3 Å². The fourth-order valence-corrected chi connectivity index (χ4v) is 4.01. The van der Waals surface area contributed by atoms with Gasteiger partial charge in [-0.25, -0.2) is 12.7 Å². The van der Waals surface area contributed by atoms with Crippen molar-refractivity contribution in [1.29, 1.82) is 0 Å². The Kier molecular flexibility index (Phi) is 7.25. The molecule has 1 unspecified atom stereocenters. The van der Waals surface area contributed by atoms with E-state index in [4.69, 9.17) is 4.74 Å². The van der Waals surface area contributed by atoms with E-state index in [0.717, 1.165) is 37.0 Å². The highest BCUT2D eigenvalue weighted by Gasteiger charge is 2.29. The molecule has 1 heterocycles. The van der Waals surface area contributed by atoms with E-state index in [1.807, 2.05) is 31.2 Å². The summed E-state index contributed by atoms with van der Waals surface area (Å²) in [6, 6.07) is 7.93. The Labute approximate surface area is 150 Å². The number of carbonyl (C=O) groups excluding carboxylic acids is 1. The molecule has 0 radical (unpaired) electrons. The molecule has 25 heavy (non-hydrogen) atoms. The second-order valence-corrected chi connectivity index (χ2v) is 8.38. The molecule has 1 fully saturated rings. The van der Waals surface area contributed by atoms with Gasteiger partial charge in [-0.2, -0.15) is 0 Å². The SMILES string of the molecule is CCOc1ccccc1CCCNC(=O)C1CCCN(S(C)(=O)=O)C1. The predicted octanol–water partition coefficient (Wildman–Crippen LogP) is 1.81. The first-order valence-electron chi connectivity index (χ1n) is 8.85. The lowest BCUT2D eigenvalue weighted by Gasteiger charge is -2.30. The highest BCUT2D eigenvalue weighted by Crippen LogP contribution is 2.20. The van der Waals surface area contributed by atoms with Gasteiger partial charge in [-0.05, 0) is 44.2 Å². The zero-order valence-corrected chi connectivity index (χ0v) is 15.8. The van der Waals surface area contributed by atoms with E-state index >= 15 is 0 Å². The van der Waals surface area contributed by atoms with E-state index in [1.165, 1.54) is 10.6 Å². The molecular weight excluding hydrogens is 340 g/mol. The van der Waals surface area contributed by atoms with Crippen LogP contribution in [0.2, 0.25) is 0 Å². The Balaban J connectivity index is 1.77. The maximum Gasteiger partial charge on any atom is 0.224 e. The number of carbonyl (C=O) groups is 1. The lowest BCUT2D eigenvalue weighted by atomic mass is 9.99. The Bertz CT molecular complexity index is 675. The van der Waals surface area contributed by atoms with Crippen LogP contribution in [0.4, 0.5) is 0 Å². The molecule has 0 spiro atoms. The summed E-state index contributed by atoms with van der Waals surface area (Å²) in [5, 5.41) is 2.94. The molecule has 0 saturated carbocycles. The van der Waals surface area contributed by atoms with Crippen molar-refractivity contribution in [3.63, 3.8) is 0 Å². The van der Waals surface area contributed by atoms with Crippen LogP contribution >= 0.6 is 0 Å². The Morgan fingerprint density at radius 1 is 1.36 bits per heavy atom. The van der Waals surface area contributed by atoms with Crippen LogP contribution in [0.25, 0.3) is 0 Å². The number of piperidine rings is 1. The van der Waals surface area contributed by atoms with Gasteiger partial charge in [-0.1, -0.05) is 18.2 Å². The average molecular weight is 368 g/mol. The third-order valence-electron chi connectivity index (χ3n) is 4.42. The van der Waals surface area contributed by atoms with Crippen molar-refractivity contribution in [1.82, 2.24) is 9.62 Å². The highest BCUT2D eigenvalue weighted by molar-refractivity contribution is 7.88. The number of hydrogen-bond donors (Lipinski definition) is 1. The summed E-state index contributed by atoms with van der Waals surface area (Å²) in [6.07, 6.45) is 4.32. The monoisotopic (exact) mass is 368 g/mol. The van der Waals surface area contributed by atoms with Gasteiger partial charge in [0.25, 0.3) is 0 Å². The summed E-state index contributed by atoms with van der Waals surface area (Å²) in [5.41, 5.74) is 1.14. The topological polar surface area (TPSA) is 75.7 Å². The minimum Gasteiger partial charge on any atom is -0.494 e. The number of hydrogen-bond acceptors (Lipinski definition) is 4. The molecule has 0 bridgehead atoms.